The number of nitrogens with zero attached hydrogens (tertiary/aromatic N) is 1. The quantitative estimate of drug-likeness (QED) is 0.358. The third kappa shape index (κ3) is 3.50. The number of rotatable bonds is 3. The highest BCUT2D eigenvalue weighted by molar-refractivity contribution is 9.10. The van der Waals surface area contributed by atoms with Gasteiger partial charge in [0.25, 0.3) is 0 Å². The fraction of sp³-hybridized carbons (Fsp3) is 0.524. The van der Waals surface area contributed by atoms with Gasteiger partial charge in [0.05, 0.1) is 11.1 Å². The maximum absolute atomic E-state index is 14.2. The van der Waals surface area contributed by atoms with Crippen LogP contribution >= 0.6 is 39.5 Å². The van der Waals surface area contributed by atoms with Gasteiger partial charge in [-0.3, -0.25) is 0 Å². The molecule has 0 amide bonds. The average Bonchev–Trinajstić information content (AvgIpc) is 2.97. The van der Waals surface area contributed by atoms with Crippen molar-refractivity contribution in [3.63, 3.8) is 0 Å². The lowest BCUT2D eigenvalue weighted by atomic mass is 9.76. The van der Waals surface area contributed by atoms with Gasteiger partial charge in [-0.05, 0) is 61.5 Å². The van der Waals surface area contributed by atoms with E-state index < -0.39 is 11.4 Å². The van der Waals surface area contributed by atoms with E-state index in [1.54, 1.807) is 0 Å². The SMILES string of the molecule is CC(C)(C)SN1CCC1C1(C2=CCCC=C2)Cc2c(cc(F)c(Cl)c2Br)O1. The zero-order chi connectivity index (χ0) is 19.4. The predicted molar refractivity (Wildman–Crippen MR) is 115 cm³/mol. The molecule has 0 saturated carbocycles. The van der Waals surface area contributed by atoms with Crippen LogP contribution in [-0.4, -0.2) is 27.2 Å². The Bertz CT molecular complexity index is 834. The van der Waals surface area contributed by atoms with Crippen molar-refractivity contribution in [1.82, 2.24) is 4.31 Å². The molecule has 2 unspecified atom stereocenters. The van der Waals surface area contributed by atoms with Gasteiger partial charge >= 0.3 is 0 Å². The van der Waals surface area contributed by atoms with E-state index in [2.05, 4.69) is 59.2 Å². The second-order valence-electron chi connectivity index (χ2n) is 8.42. The van der Waals surface area contributed by atoms with Gasteiger partial charge in [-0.2, -0.15) is 0 Å². The molecule has 0 radical (unpaired) electrons. The molecule has 1 aromatic rings. The zero-order valence-electron chi connectivity index (χ0n) is 15.8. The molecule has 1 aromatic carbocycles. The van der Waals surface area contributed by atoms with E-state index in [4.69, 9.17) is 16.3 Å². The van der Waals surface area contributed by atoms with Crippen molar-refractivity contribution in [3.05, 3.63) is 50.7 Å². The Kier molecular flexibility index (Phi) is 5.20. The molecule has 0 aromatic heterocycles. The second kappa shape index (κ2) is 7.08. The summed E-state index contributed by atoms with van der Waals surface area (Å²) in [5.74, 6) is 0.164. The number of hydrogen-bond donors (Lipinski definition) is 0. The topological polar surface area (TPSA) is 12.5 Å². The van der Waals surface area contributed by atoms with E-state index in [9.17, 15) is 4.39 Å². The normalized spacial score (nSPS) is 27.8. The number of benzene rings is 1. The monoisotopic (exact) mass is 471 g/mol. The lowest BCUT2D eigenvalue weighted by Gasteiger charge is -2.51. The van der Waals surface area contributed by atoms with Crippen LogP contribution in [0.1, 0.15) is 45.6 Å². The van der Waals surface area contributed by atoms with E-state index in [0.717, 1.165) is 31.4 Å². The summed E-state index contributed by atoms with van der Waals surface area (Å²) >= 11 is 11.5. The van der Waals surface area contributed by atoms with Crippen molar-refractivity contribution in [2.24, 2.45) is 0 Å². The highest BCUT2D eigenvalue weighted by Crippen LogP contribution is 2.52. The Morgan fingerprint density at radius 1 is 1.37 bits per heavy atom. The Morgan fingerprint density at radius 2 is 2.15 bits per heavy atom. The summed E-state index contributed by atoms with van der Waals surface area (Å²) in [5.41, 5.74) is 1.68. The lowest BCUT2D eigenvalue weighted by molar-refractivity contribution is 0.0115. The fourth-order valence-corrected chi connectivity index (χ4v) is 6.12. The molecule has 146 valence electrons. The third-order valence-electron chi connectivity index (χ3n) is 5.34. The maximum atomic E-state index is 14.2. The number of hydrogen-bond acceptors (Lipinski definition) is 3. The van der Waals surface area contributed by atoms with E-state index in [0.29, 0.717) is 16.6 Å². The van der Waals surface area contributed by atoms with Crippen molar-refractivity contribution < 1.29 is 9.13 Å². The van der Waals surface area contributed by atoms with Gasteiger partial charge in [-0.25, -0.2) is 8.70 Å². The van der Waals surface area contributed by atoms with Gasteiger partial charge in [0.2, 0.25) is 0 Å². The summed E-state index contributed by atoms with van der Waals surface area (Å²) in [6.07, 6.45) is 10.5. The Balaban J connectivity index is 1.75. The highest BCUT2D eigenvalue weighted by Gasteiger charge is 2.55. The first-order valence-corrected chi connectivity index (χ1v) is 11.3. The first-order valence-electron chi connectivity index (χ1n) is 9.39. The second-order valence-corrected chi connectivity index (χ2v) is 11.5. The molecule has 3 aliphatic rings. The molecule has 0 bridgehead atoms. The minimum atomic E-state index is -0.491. The van der Waals surface area contributed by atoms with Crippen LogP contribution in [0.25, 0.3) is 0 Å². The Morgan fingerprint density at radius 3 is 2.74 bits per heavy atom. The third-order valence-corrected chi connectivity index (χ3v) is 8.03. The summed E-state index contributed by atoms with van der Waals surface area (Å²) in [6, 6.07) is 1.69. The van der Waals surface area contributed by atoms with Crippen molar-refractivity contribution in [2.45, 2.75) is 62.8 Å². The molecule has 0 N–H and O–H groups in total. The summed E-state index contributed by atoms with van der Waals surface area (Å²) in [6.45, 7) is 7.74. The molecule has 2 nitrogen and oxygen atoms in total. The minimum Gasteiger partial charge on any atom is -0.480 e. The first-order chi connectivity index (χ1) is 12.7. The van der Waals surface area contributed by atoms with Crippen LogP contribution in [0.15, 0.2) is 34.3 Å². The molecule has 0 spiro atoms. The van der Waals surface area contributed by atoms with Gasteiger partial charge in [-0.1, -0.05) is 41.8 Å². The van der Waals surface area contributed by atoms with Crippen molar-refractivity contribution in [2.75, 3.05) is 6.54 Å². The number of fused-ring (bicyclic) bond motifs is 1. The lowest BCUT2D eigenvalue weighted by Crippen LogP contribution is -2.62. The molecule has 1 fully saturated rings. The number of ether oxygens (including phenoxy) is 1. The molecule has 2 heterocycles. The van der Waals surface area contributed by atoms with Crippen molar-refractivity contribution in [1.29, 1.82) is 0 Å². The van der Waals surface area contributed by atoms with Crippen LogP contribution in [0.4, 0.5) is 4.39 Å². The van der Waals surface area contributed by atoms with Gasteiger partial charge in [0, 0.05) is 33.8 Å². The standard InChI is InChI=1S/C21H24BrClFNOS/c1-20(2,3)27-25-10-9-17(25)21(13-7-5-4-6-8-13)12-14-16(26-21)11-15(24)19(23)18(14)22/h5,7-8,11,17H,4,6,9-10,12H2,1-3H3. The van der Waals surface area contributed by atoms with Crippen LogP contribution in [0.2, 0.25) is 5.02 Å². The van der Waals surface area contributed by atoms with Gasteiger partial charge < -0.3 is 4.74 Å². The van der Waals surface area contributed by atoms with Crippen LogP contribution in [0.5, 0.6) is 5.75 Å². The molecule has 6 heteroatoms. The van der Waals surface area contributed by atoms with E-state index in [1.165, 1.54) is 11.6 Å². The summed E-state index contributed by atoms with van der Waals surface area (Å²) < 4.78 is 24.0. The van der Waals surface area contributed by atoms with E-state index >= 15 is 0 Å². The minimum absolute atomic E-state index is 0.135. The van der Waals surface area contributed by atoms with Gasteiger partial charge in [-0.15, -0.1) is 0 Å². The Hall–Kier alpha value is -0.490. The Labute approximate surface area is 178 Å². The van der Waals surface area contributed by atoms with Crippen LogP contribution < -0.4 is 4.74 Å². The highest BCUT2D eigenvalue weighted by atomic mass is 79.9. The van der Waals surface area contributed by atoms with Crippen LogP contribution in [-0.2, 0) is 6.42 Å². The van der Waals surface area contributed by atoms with Crippen molar-refractivity contribution >= 4 is 39.5 Å². The van der Waals surface area contributed by atoms with Crippen LogP contribution in [0, 0.1) is 5.82 Å². The maximum Gasteiger partial charge on any atom is 0.154 e. The number of allylic oxidation sites excluding steroid dienone is 2. The predicted octanol–water partition coefficient (Wildman–Crippen LogP) is 6.71. The molecule has 1 saturated heterocycles. The largest absolute Gasteiger partial charge is 0.480 e. The molecule has 2 atom stereocenters. The van der Waals surface area contributed by atoms with Crippen LogP contribution in [0.3, 0.4) is 0 Å². The molecule has 27 heavy (non-hydrogen) atoms. The first kappa shape index (κ1) is 19.8. The smallest absolute Gasteiger partial charge is 0.154 e. The van der Waals surface area contributed by atoms with Gasteiger partial charge in [0.15, 0.2) is 5.60 Å². The molecule has 1 aliphatic carbocycles. The molecule has 4 rings (SSSR count). The van der Waals surface area contributed by atoms with E-state index in [-0.39, 0.29) is 15.8 Å². The molecular formula is C21H24BrClFNOS. The average molecular weight is 473 g/mol. The summed E-state index contributed by atoms with van der Waals surface area (Å²) in [5, 5.41) is 0.135. The molecule has 2 aliphatic heterocycles. The zero-order valence-corrected chi connectivity index (χ0v) is 19.0. The van der Waals surface area contributed by atoms with Crippen molar-refractivity contribution in [3.8, 4) is 5.75 Å². The van der Waals surface area contributed by atoms with E-state index in [1.807, 2.05) is 11.9 Å². The summed E-state index contributed by atoms with van der Waals surface area (Å²) in [4.78, 5) is 0. The van der Waals surface area contributed by atoms with Gasteiger partial charge in [0.1, 0.15) is 11.6 Å². The summed E-state index contributed by atoms with van der Waals surface area (Å²) in [7, 11) is 0. The fourth-order valence-electron chi connectivity index (χ4n) is 4.12. The number of halogens is 3. The molecular weight excluding hydrogens is 449 g/mol.